The van der Waals surface area contributed by atoms with Crippen molar-refractivity contribution < 1.29 is 23.5 Å². The predicted molar refractivity (Wildman–Crippen MR) is 126 cm³/mol. The third-order valence-corrected chi connectivity index (χ3v) is 5.81. The molecule has 8 heteroatoms. The number of nitrogens with one attached hydrogen (secondary N) is 1. The van der Waals surface area contributed by atoms with Gasteiger partial charge in [-0.3, -0.25) is 9.69 Å². The molecule has 0 unspecified atom stereocenters. The Balaban J connectivity index is 1.25. The van der Waals surface area contributed by atoms with Crippen LogP contribution in [0.2, 0.25) is 0 Å². The molecular formula is C26H24FN3O4. The fourth-order valence-electron chi connectivity index (χ4n) is 4.14. The summed E-state index contributed by atoms with van der Waals surface area (Å²) in [5, 5.41) is 2.86. The number of ether oxygens (including phenoxy) is 2. The Kier molecular flexibility index (Phi) is 6.03. The van der Waals surface area contributed by atoms with Crippen molar-refractivity contribution in [3.63, 3.8) is 0 Å². The second-order valence-corrected chi connectivity index (χ2v) is 8.20. The summed E-state index contributed by atoms with van der Waals surface area (Å²) in [4.78, 5) is 29.2. The minimum Gasteiger partial charge on any atom is -0.486 e. The van der Waals surface area contributed by atoms with E-state index >= 15 is 0 Å². The molecule has 174 valence electrons. The van der Waals surface area contributed by atoms with Crippen LogP contribution in [-0.4, -0.2) is 43.1 Å². The van der Waals surface area contributed by atoms with Gasteiger partial charge in [0.2, 0.25) is 0 Å². The van der Waals surface area contributed by atoms with Crippen molar-refractivity contribution in [3.05, 3.63) is 83.7 Å². The molecule has 3 amide bonds. The summed E-state index contributed by atoms with van der Waals surface area (Å²) in [7, 11) is 0. The van der Waals surface area contributed by atoms with Crippen LogP contribution in [0.4, 0.5) is 20.6 Å². The zero-order valence-corrected chi connectivity index (χ0v) is 18.5. The van der Waals surface area contributed by atoms with Crippen molar-refractivity contribution >= 4 is 23.3 Å². The number of rotatable bonds is 5. The number of nitrogens with zero attached hydrogens (tertiary/aromatic N) is 2. The van der Waals surface area contributed by atoms with E-state index in [1.165, 1.54) is 12.1 Å². The standard InChI is InChI=1S/C26H24FN3O4/c27-20-4-1-3-18(15-20)17-29-11-2-12-30(26(29)32)22-8-5-19(6-9-22)25(31)28-21-7-10-23-24(16-21)34-14-13-33-23/h1,3-10,15-16H,2,11-14,17H2,(H,28,31). The Morgan fingerprint density at radius 1 is 0.941 bits per heavy atom. The van der Waals surface area contributed by atoms with Gasteiger partial charge in [0, 0.05) is 42.6 Å². The Hall–Kier alpha value is -4.07. The second kappa shape index (κ2) is 9.43. The van der Waals surface area contributed by atoms with Gasteiger partial charge in [0.1, 0.15) is 19.0 Å². The van der Waals surface area contributed by atoms with Gasteiger partial charge in [-0.2, -0.15) is 0 Å². The van der Waals surface area contributed by atoms with Crippen LogP contribution in [0.25, 0.3) is 0 Å². The summed E-state index contributed by atoms with van der Waals surface area (Å²) in [6.07, 6.45) is 0.799. The molecule has 7 nitrogen and oxygen atoms in total. The summed E-state index contributed by atoms with van der Waals surface area (Å²) >= 11 is 0. The summed E-state index contributed by atoms with van der Waals surface area (Å²) in [5.74, 6) is 0.682. The number of anilines is 2. The van der Waals surface area contributed by atoms with Crippen LogP contribution in [0.15, 0.2) is 66.7 Å². The fourth-order valence-corrected chi connectivity index (χ4v) is 4.14. The molecule has 3 aromatic carbocycles. The lowest BCUT2D eigenvalue weighted by Crippen LogP contribution is -2.49. The van der Waals surface area contributed by atoms with Crippen molar-refractivity contribution in [2.45, 2.75) is 13.0 Å². The van der Waals surface area contributed by atoms with E-state index < -0.39 is 0 Å². The number of urea groups is 1. The van der Waals surface area contributed by atoms with Crippen molar-refractivity contribution in [2.75, 3.05) is 36.5 Å². The summed E-state index contributed by atoms with van der Waals surface area (Å²) < 4.78 is 24.6. The van der Waals surface area contributed by atoms with Crippen LogP contribution in [0.1, 0.15) is 22.3 Å². The maximum Gasteiger partial charge on any atom is 0.324 e. The first-order valence-corrected chi connectivity index (χ1v) is 11.2. The third-order valence-electron chi connectivity index (χ3n) is 5.81. The number of halogens is 1. The Morgan fingerprint density at radius 2 is 1.74 bits per heavy atom. The fraction of sp³-hybridized carbons (Fsp3) is 0.231. The molecule has 0 atom stereocenters. The Morgan fingerprint density at radius 3 is 2.53 bits per heavy atom. The number of carbonyl (C=O) groups is 2. The molecule has 0 bridgehead atoms. The van der Waals surface area contributed by atoms with Gasteiger partial charge in [0.05, 0.1) is 0 Å². The topological polar surface area (TPSA) is 71.1 Å². The molecule has 5 rings (SSSR count). The van der Waals surface area contributed by atoms with Crippen LogP contribution >= 0.6 is 0 Å². The van der Waals surface area contributed by atoms with Crippen LogP contribution in [0.5, 0.6) is 11.5 Å². The molecule has 0 radical (unpaired) electrons. The molecule has 2 heterocycles. The average Bonchev–Trinajstić information content (AvgIpc) is 2.85. The lowest BCUT2D eigenvalue weighted by Gasteiger charge is -2.35. The van der Waals surface area contributed by atoms with Crippen LogP contribution < -0.4 is 19.7 Å². The summed E-state index contributed by atoms with van der Waals surface area (Å²) in [6, 6.07) is 18.3. The maximum absolute atomic E-state index is 13.5. The summed E-state index contributed by atoms with van der Waals surface area (Å²) in [5.41, 5.74) is 2.54. The number of hydrogen-bond donors (Lipinski definition) is 1. The Labute approximate surface area is 196 Å². The Bertz CT molecular complexity index is 1210. The van der Waals surface area contributed by atoms with Crippen molar-refractivity contribution in [1.82, 2.24) is 4.90 Å². The quantitative estimate of drug-likeness (QED) is 0.599. The summed E-state index contributed by atoms with van der Waals surface area (Å²) in [6.45, 7) is 2.53. The first-order valence-electron chi connectivity index (χ1n) is 11.2. The van der Waals surface area contributed by atoms with Crippen LogP contribution in [0, 0.1) is 5.82 Å². The molecule has 1 saturated heterocycles. The van der Waals surface area contributed by atoms with E-state index in [2.05, 4.69) is 5.32 Å². The van der Waals surface area contributed by atoms with E-state index in [0.29, 0.717) is 61.3 Å². The molecule has 2 aliphatic rings. The zero-order chi connectivity index (χ0) is 23.5. The number of carbonyl (C=O) groups excluding carboxylic acids is 2. The first-order chi connectivity index (χ1) is 16.6. The molecular weight excluding hydrogens is 437 g/mol. The monoisotopic (exact) mass is 461 g/mol. The minimum atomic E-state index is -0.316. The molecule has 0 aliphatic carbocycles. The number of benzene rings is 3. The van der Waals surface area contributed by atoms with E-state index in [1.54, 1.807) is 58.3 Å². The van der Waals surface area contributed by atoms with Gasteiger partial charge in [-0.15, -0.1) is 0 Å². The molecule has 0 spiro atoms. The highest BCUT2D eigenvalue weighted by atomic mass is 19.1. The van der Waals surface area contributed by atoms with Crippen molar-refractivity contribution in [3.8, 4) is 11.5 Å². The largest absolute Gasteiger partial charge is 0.486 e. The van der Waals surface area contributed by atoms with E-state index in [-0.39, 0.29) is 17.8 Å². The van der Waals surface area contributed by atoms with Gasteiger partial charge in [0.15, 0.2) is 11.5 Å². The molecule has 3 aromatic rings. The van der Waals surface area contributed by atoms with E-state index in [9.17, 15) is 14.0 Å². The highest BCUT2D eigenvalue weighted by Gasteiger charge is 2.27. The van der Waals surface area contributed by atoms with Gasteiger partial charge in [-0.1, -0.05) is 12.1 Å². The average molecular weight is 461 g/mol. The first kappa shape index (κ1) is 21.8. The molecule has 1 fully saturated rings. The van der Waals surface area contributed by atoms with Crippen LogP contribution in [0.3, 0.4) is 0 Å². The molecule has 1 N–H and O–H groups in total. The highest BCUT2D eigenvalue weighted by molar-refractivity contribution is 6.05. The van der Waals surface area contributed by atoms with Gasteiger partial charge >= 0.3 is 6.03 Å². The van der Waals surface area contributed by atoms with Gasteiger partial charge in [0.25, 0.3) is 5.91 Å². The van der Waals surface area contributed by atoms with Gasteiger partial charge < -0.3 is 19.7 Å². The maximum atomic E-state index is 13.5. The zero-order valence-electron chi connectivity index (χ0n) is 18.5. The van der Waals surface area contributed by atoms with Crippen molar-refractivity contribution in [2.24, 2.45) is 0 Å². The lowest BCUT2D eigenvalue weighted by molar-refractivity contribution is 0.102. The molecule has 0 saturated carbocycles. The van der Waals surface area contributed by atoms with Crippen molar-refractivity contribution in [1.29, 1.82) is 0 Å². The lowest BCUT2D eigenvalue weighted by atomic mass is 10.1. The number of hydrogen-bond acceptors (Lipinski definition) is 4. The van der Waals surface area contributed by atoms with Crippen LogP contribution in [-0.2, 0) is 6.54 Å². The molecule has 0 aromatic heterocycles. The minimum absolute atomic E-state index is 0.135. The van der Waals surface area contributed by atoms with E-state index in [4.69, 9.17) is 9.47 Å². The predicted octanol–water partition coefficient (Wildman–Crippen LogP) is 4.68. The third kappa shape index (κ3) is 4.66. The smallest absolute Gasteiger partial charge is 0.324 e. The molecule has 34 heavy (non-hydrogen) atoms. The van der Waals surface area contributed by atoms with E-state index in [1.807, 2.05) is 6.07 Å². The molecule has 2 aliphatic heterocycles. The highest BCUT2D eigenvalue weighted by Crippen LogP contribution is 2.32. The van der Waals surface area contributed by atoms with Gasteiger partial charge in [-0.05, 0) is 60.5 Å². The second-order valence-electron chi connectivity index (χ2n) is 8.20. The number of fused-ring (bicyclic) bond motifs is 1. The van der Waals surface area contributed by atoms with Gasteiger partial charge in [-0.25, -0.2) is 9.18 Å². The normalized spacial score (nSPS) is 15.3. The van der Waals surface area contributed by atoms with E-state index in [0.717, 1.165) is 12.0 Å². The SMILES string of the molecule is O=C(Nc1ccc2c(c1)OCCO2)c1ccc(N2CCCN(Cc3cccc(F)c3)C2=O)cc1. The number of amides is 3.